The van der Waals surface area contributed by atoms with Crippen molar-refractivity contribution in [3.05, 3.63) is 202 Å². The zero-order valence-electron chi connectivity index (χ0n) is 38.1. The third-order valence-electron chi connectivity index (χ3n) is 14.3. The van der Waals surface area contributed by atoms with Crippen molar-refractivity contribution >= 4 is 44.9 Å². The highest BCUT2D eigenvalue weighted by Gasteiger charge is 2.43. The quantitative estimate of drug-likeness (QED) is 0.151. The predicted molar refractivity (Wildman–Crippen MR) is 266 cm³/mol. The molecule has 2 heteroatoms. The summed E-state index contributed by atoms with van der Waals surface area (Å²) < 4.78 is 0. The average molecular weight is 807 g/mol. The lowest BCUT2D eigenvalue weighted by atomic mass is 9.79. The summed E-state index contributed by atoms with van der Waals surface area (Å²) in [5, 5.41) is 2.56. The van der Waals surface area contributed by atoms with Crippen LogP contribution in [0.2, 0.25) is 0 Å². The van der Waals surface area contributed by atoms with Crippen molar-refractivity contribution in [3.8, 4) is 22.3 Å². The summed E-state index contributed by atoms with van der Waals surface area (Å²) in [6.45, 7) is 23.2. The van der Waals surface area contributed by atoms with Crippen molar-refractivity contribution in [2.75, 3.05) is 9.80 Å². The lowest BCUT2D eigenvalue weighted by Crippen LogP contribution is -2.18. The molecule has 0 spiro atoms. The maximum atomic E-state index is 2.57. The Morgan fingerprint density at radius 3 is 1.40 bits per heavy atom. The summed E-state index contributed by atoms with van der Waals surface area (Å²) in [6.07, 6.45) is 0. The van der Waals surface area contributed by atoms with Crippen LogP contribution in [0.4, 0.5) is 34.1 Å². The fourth-order valence-electron chi connectivity index (χ4n) is 10.6. The Morgan fingerprint density at radius 2 is 0.823 bits per heavy atom. The molecule has 0 aromatic heterocycles. The maximum Gasteiger partial charge on any atom is 0.0543 e. The number of benzene rings is 8. The highest BCUT2D eigenvalue weighted by atomic mass is 15.2. The average Bonchev–Trinajstić information content (AvgIpc) is 3.63. The first-order valence-electron chi connectivity index (χ1n) is 22.6. The van der Waals surface area contributed by atoms with E-state index in [-0.39, 0.29) is 10.8 Å². The van der Waals surface area contributed by atoms with Gasteiger partial charge in [-0.1, -0.05) is 146 Å². The Hall–Kier alpha value is -6.38. The summed E-state index contributed by atoms with van der Waals surface area (Å²) in [5.41, 5.74) is 22.9. The van der Waals surface area contributed by atoms with Crippen LogP contribution in [0.25, 0.3) is 33.0 Å². The number of nitrogens with zero attached hydrogens (tertiary/aromatic N) is 2. The summed E-state index contributed by atoms with van der Waals surface area (Å²) in [6, 6.07) is 59.9. The lowest BCUT2D eigenvalue weighted by Gasteiger charge is -2.31. The molecule has 2 aliphatic rings. The van der Waals surface area contributed by atoms with E-state index in [9.17, 15) is 0 Å². The van der Waals surface area contributed by atoms with E-state index < -0.39 is 0 Å². The zero-order valence-corrected chi connectivity index (χ0v) is 38.1. The number of para-hydroxylation sites is 2. The van der Waals surface area contributed by atoms with Crippen molar-refractivity contribution in [1.29, 1.82) is 0 Å². The Labute approximate surface area is 369 Å². The van der Waals surface area contributed by atoms with E-state index in [4.69, 9.17) is 0 Å². The van der Waals surface area contributed by atoms with E-state index in [2.05, 4.69) is 237 Å². The van der Waals surface area contributed by atoms with Crippen molar-refractivity contribution in [2.24, 2.45) is 0 Å². The molecule has 0 heterocycles. The van der Waals surface area contributed by atoms with Crippen molar-refractivity contribution in [2.45, 2.75) is 91.9 Å². The van der Waals surface area contributed by atoms with Crippen LogP contribution in [-0.4, -0.2) is 0 Å². The van der Waals surface area contributed by atoms with Gasteiger partial charge in [-0.2, -0.15) is 0 Å². The van der Waals surface area contributed by atoms with Gasteiger partial charge >= 0.3 is 0 Å². The van der Waals surface area contributed by atoms with Gasteiger partial charge in [0.15, 0.2) is 0 Å². The molecule has 10 rings (SSSR count). The third-order valence-corrected chi connectivity index (χ3v) is 14.3. The number of rotatable bonds is 8. The number of hydrogen-bond acceptors (Lipinski definition) is 2. The molecule has 8 aromatic rings. The molecule has 0 amide bonds. The van der Waals surface area contributed by atoms with E-state index >= 15 is 0 Å². The van der Waals surface area contributed by atoms with Gasteiger partial charge in [0.05, 0.1) is 5.69 Å². The molecule has 8 aromatic carbocycles. The Morgan fingerprint density at radius 1 is 0.371 bits per heavy atom. The molecule has 62 heavy (non-hydrogen) atoms. The number of aryl methyl sites for hydroxylation is 2. The molecule has 0 N–H and O–H groups in total. The molecule has 0 atom stereocenters. The fourth-order valence-corrected chi connectivity index (χ4v) is 10.6. The molecule has 2 nitrogen and oxygen atoms in total. The largest absolute Gasteiger partial charge is 0.310 e. The van der Waals surface area contributed by atoms with Crippen molar-refractivity contribution < 1.29 is 0 Å². The topological polar surface area (TPSA) is 6.48 Å². The van der Waals surface area contributed by atoms with E-state index in [0.29, 0.717) is 11.8 Å². The minimum Gasteiger partial charge on any atom is -0.310 e. The second-order valence-corrected chi connectivity index (χ2v) is 19.5. The summed E-state index contributed by atoms with van der Waals surface area (Å²) >= 11 is 0. The van der Waals surface area contributed by atoms with Gasteiger partial charge in [-0.25, -0.2) is 0 Å². The van der Waals surface area contributed by atoms with Crippen LogP contribution in [0.3, 0.4) is 0 Å². The molecule has 308 valence electrons. The van der Waals surface area contributed by atoms with Gasteiger partial charge in [-0.15, -0.1) is 0 Å². The normalized spacial score (nSPS) is 14.2. The molecule has 0 bridgehead atoms. The van der Waals surface area contributed by atoms with Crippen LogP contribution in [-0.2, 0) is 10.8 Å². The predicted octanol–water partition coefficient (Wildman–Crippen LogP) is 17.3. The number of anilines is 6. The van der Waals surface area contributed by atoms with Crippen molar-refractivity contribution in [1.82, 2.24) is 0 Å². The summed E-state index contributed by atoms with van der Waals surface area (Å²) in [5.74, 6) is 0.951. The molecular weight excluding hydrogens is 749 g/mol. The van der Waals surface area contributed by atoms with E-state index in [1.807, 2.05) is 0 Å². The monoisotopic (exact) mass is 806 g/mol. The van der Waals surface area contributed by atoms with Crippen LogP contribution in [0.5, 0.6) is 0 Å². The van der Waals surface area contributed by atoms with Gasteiger partial charge in [0.1, 0.15) is 0 Å². The van der Waals surface area contributed by atoms with E-state index in [1.54, 1.807) is 0 Å². The molecule has 0 aliphatic heterocycles. The van der Waals surface area contributed by atoms with Crippen LogP contribution in [0, 0.1) is 13.8 Å². The fraction of sp³-hybridized carbons (Fsp3) is 0.233. The summed E-state index contributed by atoms with van der Waals surface area (Å²) in [7, 11) is 0. The van der Waals surface area contributed by atoms with Crippen LogP contribution in [0.15, 0.2) is 158 Å². The number of hydrogen-bond donors (Lipinski definition) is 0. The minimum absolute atomic E-state index is 0.207. The van der Waals surface area contributed by atoms with Gasteiger partial charge < -0.3 is 9.80 Å². The second kappa shape index (κ2) is 14.6. The van der Waals surface area contributed by atoms with E-state index in [0.717, 1.165) is 0 Å². The highest BCUT2D eigenvalue weighted by Crippen LogP contribution is 2.59. The Kier molecular flexibility index (Phi) is 9.37. The molecule has 2 aliphatic carbocycles. The first-order valence-corrected chi connectivity index (χ1v) is 22.6. The molecular formula is C60H58N2. The molecule has 0 radical (unpaired) electrons. The lowest BCUT2D eigenvalue weighted by molar-refractivity contribution is 0.652. The molecule has 0 unspecified atom stereocenters. The number of fused-ring (bicyclic) bond motifs is 8. The summed E-state index contributed by atoms with van der Waals surface area (Å²) in [4.78, 5) is 4.94. The van der Waals surface area contributed by atoms with Gasteiger partial charge in [0.2, 0.25) is 0 Å². The molecule has 0 saturated carbocycles. The Bertz CT molecular complexity index is 3030. The maximum absolute atomic E-state index is 2.57. The van der Waals surface area contributed by atoms with Gasteiger partial charge in [-0.3, -0.25) is 0 Å². The SMILES string of the molecule is Cc1ccccc1N(c1ccc(C(C)C)cc1)c1ccc2c(c1)C(C)(C)c1cc3c(cc1-2)C(C)(C)c1cc(N(c2ccc(C(C)C)cc2)c2ccccc2C)c2ccccc2c1-3. The highest BCUT2D eigenvalue weighted by molar-refractivity contribution is 6.10. The second-order valence-electron chi connectivity index (χ2n) is 19.5. The first kappa shape index (κ1) is 39.7. The Balaban J connectivity index is 1.13. The zero-order chi connectivity index (χ0) is 43.2. The first-order chi connectivity index (χ1) is 29.8. The molecule has 0 fully saturated rings. The molecule has 0 saturated heterocycles. The minimum atomic E-state index is -0.228. The van der Waals surface area contributed by atoms with Gasteiger partial charge in [0.25, 0.3) is 0 Å². The van der Waals surface area contributed by atoms with Crippen molar-refractivity contribution in [3.63, 3.8) is 0 Å². The van der Waals surface area contributed by atoms with Crippen LogP contribution < -0.4 is 9.80 Å². The smallest absolute Gasteiger partial charge is 0.0543 e. The van der Waals surface area contributed by atoms with Gasteiger partial charge in [0, 0.05) is 44.7 Å². The van der Waals surface area contributed by atoms with Crippen LogP contribution in [0.1, 0.15) is 112 Å². The van der Waals surface area contributed by atoms with Crippen LogP contribution >= 0.6 is 0 Å². The van der Waals surface area contributed by atoms with E-state index in [1.165, 1.54) is 112 Å². The third kappa shape index (κ3) is 6.13. The van der Waals surface area contributed by atoms with Gasteiger partial charge in [-0.05, 0) is 165 Å². The standard InChI is InChI=1S/C60H58N2/c1-37(2)41-23-27-43(28-24-41)61(55-21-15-11-17-39(55)5)45-31-32-46-49-34-53-50(35-52(49)59(7,8)51(46)33-45)58-48-20-14-13-19-47(48)57(36-54(58)60(53,9)10)62(56-22-16-12-18-40(56)6)44-29-25-42(26-30-44)38(3)4/h11-38H,1-10H3.